The van der Waals surface area contributed by atoms with Gasteiger partial charge in [-0.25, -0.2) is 0 Å². The monoisotopic (exact) mass is 249 g/mol. The van der Waals surface area contributed by atoms with Crippen LogP contribution in [0.2, 0.25) is 0 Å². The summed E-state index contributed by atoms with van der Waals surface area (Å²) in [5.41, 5.74) is 7.01. The number of ketones is 1. The molecule has 0 heterocycles. The number of carbonyl (C=O) groups excluding carboxylic acids is 1. The summed E-state index contributed by atoms with van der Waals surface area (Å²) in [4.78, 5) is 22.3. The zero-order valence-corrected chi connectivity index (χ0v) is 10.7. The predicted octanol–water partition coefficient (Wildman–Crippen LogP) is 1.87. The maximum absolute atomic E-state index is 11.7. The average molecular weight is 249 g/mol. The molecule has 0 spiro atoms. The Bertz CT molecular complexity index is 423. The van der Waals surface area contributed by atoms with E-state index < -0.39 is 12.0 Å². The average Bonchev–Trinajstić information content (AvgIpc) is 2.28. The molecule has 1 aromatic rings. The van der Waals surface area contributed by atoms with Crippen LogP contribution in [0.25, 0.3) is 0 Å². The summed E-state index contributed by atoms with van der Waals surface area (Å²) in [6, 6.07) is 6.13. The van der Waals surface area contributed by atoms with Gasteiger partial charge in [0, 0.05) is 12.0 Å². The molecule has 1 aromatic carbocycles. The van der Waals surface area contributed by atoms with Gasteiger partial charge in [0.15, 0.2) is 5.78 Å². The SMILES string of the molecule is CC(C)Cc1ccc(C(=O)CC(N)C(=O)O)cc1. The van der Waals surface area contributed by atoms with Crippen LogP contribution in [-0.4, -0.2) is 22.9 Å². The first kappa shape index (κ1) is 14.4. The molecule has 4 heteroatoms. The number of carbonyl (C=O) groups is 2. The van der Waals surface area contributed by atoms with Crippen molar-refractivity contribution in [2.75, 3.05) is 0 Å². The molecule has 18 heavy (non-hydrogen) atoms. The second kappa shape index (κ2) is 6.31. The van der Waals surface area contributed by atoms with E-state index in [1.54, 1.807) is 12.1 Å². The van der Waals surface area contributed by atoms with Crippen LogP contribution in [0, 0.1) is 5.92 Å². The van der Waals surface area contributed by atoms with E-state index in [9.17, 15) is 9.59 Å². The molecule has 0 saturated carbocycles. The number of hydrogen-bond donors (Lipinski definition) is 2. The Labute approximate surface area is 107 Å². The van der Waals surface area contributed by atoms with E-state index in [4.69, 9.17) is 10.8 Å². The molecule has 0 bridgehead atoms. The summed E-state index contributed by atoms with van der Waals surface area (Å²) in [5.74, 6) is -0.826. The van der Waals surface area contributed by atoms with Crippen LogP contribution < -0.4 is 5.73 Å². The maximum Gasteiger partial charge on any atom is 0.320 e. The summed E-state index contributed by atoms with van der Waals surface area (Å²) in [6.07, 6.45) is 0.794. The van der Waals surface area contributed by atoms with Crippen molar-refractivity contribution in [3.63, 3.8) is 0 Å². The first-order valence-electron chi connectivity index (χ1n) is 6.00. The quantitative estimate of drug-likeness (QED) is 0.754. The molecule has 4 nitrogen and oxygen atoms in total. The summed E-state index contributed by atoms with van der Waals surface area (Å²) >= 11 is 0. The Morgan fingerprint density at radius 3 is 2.22 bits per heavy atom. The number of Topliss-reactive ketones (excluding diaryl/α,β-unsaturated/α-hetero) is 1. The first-order valence-corrected chi connectivity index (χ1v) is 6.00. The van der Waals surface area contributed by atoms with Crippen molar-refractivity contribution in [2.45, 2.75) is 32.7 Å². The van der Waals surface area contributed by atoms with Crippen LogP contribution in [0.5, 0.6) is 0 Å². The van der Waals surface area contributed by atoms with Gasteiger partial charge in [0.25, 0.3) is 0 Å². The fourth-order valence-corrected chi connectivity index (χ4v) is 1.70. The van der Waals surface area contributed by atoms with Gasteiger partial charge in [-0.05, 0) is 17.9 Å². The van der Waals surface area contributed by atoms with Crippen LogP contribution in [0.15, 0.2) is 24.3 Å². The standard InChI is InChI=1S/C14H19NO3/c1-9(2)7-10-3-5-11(6-4-10)13(16)8-12(15)14(17)18/h3-6,9,12H,7-8,15H2,1-2H3,(H,17,18). The number of carboxylic acids is 1. The molecule has 0 aliphatic rings. The molecule has 0 aliphatic heterocycles. The Hall–Kier alpha value is -1.68. The molecule has 0 fully saturated rings. The van der Waals surface area contributed by atoms with Gasteiger partial charge in [-0.3, -0.25) is 9.59 Å². The fraction of sp³-hybridized carbons (Fsp3) is 0.429. The Balaban J connectivity index is 2.67. The largest absolute Gasteiger partial charge is 0.480 e. The molecule has 0 aliphatic carbocycles. The fourth-order valence-electron chi connectivity index (χ4n) is 1.70. The highest BCUT2D eigenvalue weighted by molar-refractivity contribution is 5.98. The zero-order chi connectivity index (χ0) is 13.7. The van der Waals surface area contributed by atoms with Crippen LogP contribution in [0.3, 0.4) is 0 Å². The highest BCUT2D eigenvalue weighted by Crippen LogP contribution is 2.11. The van der Waals surface area contributed by atoms with E-state index in [-0.39, 0.29) is 12.2 Å². The van der Waals surface area contributed by atoms with Gasteiger partial charge in [0.2, 0.25) is 0 Å². The van der Waals surface area contributed by atoms with Gasteiger partial charge >= 0.3 is 5.97 Å². The third kappa shape index (κ3) is 4.30. The number of hydrogen-bond acceptors (Lipinski definition) is 3. The lowest BCUT2D eigenvalue weighted by atomic mass is 9.99. The van der Waals surface area contributed by atoms with Crippen LogP contribution in [0.1, 0.15) is 36.2 Å². The van der Waals surface area contributed by atoms with E-state index in [1.165, 1.54) is 5.56 Å². The van der Waals surface area contributed by atoms with E-state index in [0.29, 0.717) is 11.5 Å². The highest BCUT2D eigenvalue weighted by atomic mass is 16.4. The molecule has 0 amide bonds. The Morgan fingerprint density at radius 1 is 1.22 bits per heavy atom. The third-order valence-corrected chi connectivity index (χ3v) is 2.64. The number of nitrogens with two attached hydrogens (primary N) is 1. The molecule has 0 saturated heterocycles. The highest BCUT2D eigenvalue weighted by Gasteiger charge is 2.17. The van der Waals surface area contributed by atoms with Gasteiger partial charge in [0.1, 0.15) is 6.04 Å². The van der Waals surface area contributed by atoms with Gasteiger partial charge < -0.3 is 10.8 Å². The van der Waals surface area contributed by atoms with E-state index >= 15 is 0 Å². The van der Waals surface area contributed by atoms with Crippen molar-refractivity contribution >= 4 is 11.8 Å². The van der Waals surface area contributed by atoms with Crippen LogP contribution in [0.4, 0.5) is 0 Å². The molecule has 3 N–H and O–H groups in total. The van der Waals surface area contributed by atoms with Gasteiger partial charge in [0.05, 0.1) is 0 Å². The van der Waals surface area contributed by atoms with E-state index in [1.807, 2.05) is 12.1 Å². The molecule has 1 unspecified atom stereocenters. The van der Waals surface area contributed by atoms with Crippen molar-refractivity contribution in [3.05, 3.63) is 35.4 Å². The molecule has 0 aromatic heterocycles. The summed E-state index contributed by atoms with van der Waals surface area (Å²) in [7, 11) is 0. The number of rotatable bonds is 6. The Morgan fingerprint density at radius 2 is 1.78 bits per heavy atom. The van der Waals surface area contributed by atoms with E-state index in [0.717, 1.165) is 6.42 Å². The number of carboxylic acid groups (broad SMARTS) is 1. The van der Waals surface area contributed by atoms with Crippen molar-refractivity contribution < 1.29 is 14.7 Å². The zero-order valence-electron chi connectivity index (χ0n) is 10.7. The minimum atomic E-state index is -1.15. The van der Waals surface area contributed by atoms with Crippen molar-refractivity contribution in [1.29, 1.82) is 0 Å². The Kier molecular flexibility index (Phi) is 5.04. The van der Waals surface area contributed by atoms with Crippen molar-refractivity contribution in [1.82, 2.24) is 0 Å². The maximum atomic E-state index is 11.7. The normalized spacial score (nSPS) is 12.4. The minimum absolute atomic E-state index is 0.168. The number of benzene rings is 1. The molecule has 1 rings (SSSR count). The lowest BCUT2D eigenvalue weighted by Gasteiger charge is -2.07. The van der Waals surface area contributed by atoms with Gasteiger partial charge in [-0.1, -0.05) is 38.1 Å². The summed E-state index contributed by atoms with van der Waals surface area (Å²) in [6.45, 7) is 4.26. The second-order valence-electron chi connectivity index (χ2n) is 4.87. The molecular weight excluding hydrogens is 230 g/mol. The van der Waals surface area contributed by atoms with Gasteiger partial charge in [-0.15, -0.1) is 0 Å². The second-order valence-corrected chi connectivity index (χ2v) is 4.87. The summed E-state index contributed by atoms with van der Waals surface area (Å²) < 4.78 is 0. The molecular formula is C14H19NO3. The first-order chi connectivity index (χ1) is 8.40. The molecule has 0 radical (unpaired) electrons. The lowest BCUT2D eigenvalue weighted by Crippen LogP contribution is -2.32. The molecule has 1 atom stereocenters. The smallest absolute Gasteiger partial charge is 0.320 e. The minimum Gasteiger partial charge on any atom is -0.480 e. The van der Waals surface area contributed by atoms with Crippen molar-refractivity contribution in [3.8, 4) is 0 Å². The lowest BCUT2D eigenvalue weighted by molar-refractivity contribution is -0.138. The van der Waals surface area contributed by atoms with E-state index in [2.05, 4.69) is 13.8 Å². The van der Waals surface area contributed by atoms with Crippen LogP contribution >= 0.6 is 0 Å². The molecule has 98 valence electrons. The van der Waals surface area contributed by atoms with Crippen molar-refractivity contribution in [2.24, 2.45) is 11.7 Å². The number of aliphatic carboxylic acids is 1. The summed E-state index contributed by atoms with van der Waals surface area (Å²) in [5, 5.41) is 8.64. The van der Waals surface area contributed by atoms with Crippen LogP contribution in [-0.2, 0) is 11.2 Å². The van der Waals surface area contributed by atoms with Gasteiger partial charge in [-0.2, -0.15) is 0 Å². The topological polar surface area (TPSA) is 80.4 Å². The third-order valence-electron chi connectivity index (χ3n) is 2.64. The predicted molar refractivity (Wildman–Crippen MR) is 69.5 cm³/mol.